The predicted molar refractivity (Wildman–Crippen MR) is 71.4 cm³/mol. The Bertz CT molecular complexity index is 297. The zero-order valence-electron chi connectivity index (χ0n) is 10.9. The van der Waals surface area contributed by atoms with Gasteiger partial charge in [0.2, 0.25) is 11.8 Å². The van der Waals surface area contributed by atoms with Crippen LogP contribution in [-0.2, 0) is 9.59 Å². The summed E-state index contributed by atoms with van der Waals surface area (Å²) in [6, 6.07) is 0. The fourth-order valence-electron chi connectivity index (χ4n) is 3.13. The van der Waals surface area contributed by atoms with Crippen molar-refractivity contribution in [2.45, 2.75) is 51.4 Å². The lowest BCUT2D eigenvalue weighted by molar-refractivity contribution is -0.158. The monoisotopic (exact) mass is 271 g/mol. The number of alkyl halides is 1. The van der Waals surface area contributed by atoms with Crippen LogP contribution in [0.25, 0.3) is 0 Å². The lowest BCUT2D eigenvalue weighted by atomic mass is 9.77. The smallest absolute Gasteiger partial charge is 0.232 e. The van der Waals surface area contributed by atoms with Crippen molar-refractivity contribution in [1.82, 2.24) is 4.90 Å². The molecule has 2 fully saturated rings. The van der Waals surface area contributed by atoms with E-state index in [9.17, 15) is 9.59 Å². The van der Waals surface area contributed by atoms with Crippen molar-refractivity contribution in [2.24, 2.45) is 11.8 Å². The third kappa shape index (κ3) is 3.05. The van der Waals surface area contributed by atoms with E-state index in [-0.39, 0.29) is 23.7 Å². The number of imide groups is 1. The molecule has 3 nitrogen and oxygen atoms in total. The molecule has 1 saturated heterocycles. The van der Waals surface area contributed by atoms with Crippen LogP contribution in [0.1, 0.15) is 51.4 Å². The molecule has 2 bridgehead atoms. The van der Waals surface area contributed by atoms with Crippen LogP contribution in [0.5, 0.6) is 0 Å². The number of amides is 2. The van der Waals surface area contributed by atoms with Crippen molar-refractivity contribution in [3.05, 3.63) is 0 Å². The highest BCUT2D eigenvalue weighted by atomic mass is 35.5. The number of hydrogen-bond donors (Lipinski definition) is 0. The summed E-state index contributed by atoms with van der Waals surface area (Å²) in [6.45, 7) is 0.618. The fourth-order valence-corrected chi connectivity index (χ4v) is 3.32. The molecule has 4 heteroatoms. The van der Waals surface area contributed by atoms with Gasteiger partial charge in [-0.15, -0.1) is 11.6 Å². The number of piperidine rings is 1. The number of rotatable bonds is 6. The number of likely N-dealkylation sites (tertiary alicyclic amines) is 1. The van der Waals surface area contributed by atoms with Gasteiger partial charge in [-0.2, -0.15) is 0 Å². The summed E-state index contributed by atoms with van der Waals surface area (Å²) in [7, 11) is 0. The summed E-state index contributed by atoms with van der Waals surface area (Å²) in [5, 5.41) is 0. The zero-order valence-corrected chi connectivity index (χ0v) is 11.6. The van der Waals surface area contributed by atoms with Crippen LogP contribution in [0.3, 0.4) is 0 Å². The Morgan fingerprint density at radius 2 is 1.61 bits per heavy atom. The van der Waals surface area contributed by atoms with E-state index in [1.807, 2.05) is 0 Å². The van der Waals surface area contributed by atoms with E-state index in [2.05, 4.69) is 0 Å². The maximum Gasteiger partial charge on any atom is 0.232 e. The molecule has 102 valence electrons. The molecule has 18 heavy (non-hydrogen) atoms. The Kier molecular flexibility index (Phi) is 5.04. The number of halogens is 1. The van der Waals surface area contributed by atoms with Crippen LogP contribution < -0.4 is 0 Å². The molecule has 2 unspecified atom stereocenters. The predicted octanol–water partition coefficient (Wildman–Crippen LogP) is 2.96. The Morgan fingerprint density at radius 1 is 1.00 bits per heavy atom. The van der Waals surface area contributed by atoms with E-state index in [4.69, 9.17) is 11.6 Å². The molecule has 2 amide bonds. The Morgan fingerprint density at radius 3 is 2.22 bits per heavy atom. The zero-order chi connectivity index (χ0) is 13.0. The standard InChI is InChI=1S/C14H22ClNO2/c15-8-3-1-2-4-9-16-13(17)11-6-5-7-12(10-11)14(16)18/h11-12H,1-10H2. The third-order valence-corrected chi connectivity index (χ3v) is 4.44. The molecule has 2 atom stereocenters. The average molecular weight is 272 g/mol. The van der Waals surface area contributed by atoms with E-state index >= 15 is 0 Å². The van der Waals surface area contributed by atoms with E-state index in [0.717, 1.165) is 51.4 Å². The lowest BCUT2D eigenvalue weighted by Crippen LogP contribution is -2.51. The summed E-state index contributed by atoms with van der Waals surface area (Å²) < 4.78 is 0. The number of fused-ring (bicyclic) bond motifs is 2. The minimum Gasteiger partial charge on any atom is -0.282 e. The normalized spacial score (nSPS) is 27.7. The number of carbonyl (C=O) groups is 2. The summed E-state index contributed by atoms with van der Waals surface area (Å²) in [6.07, 6.45) is 7.89. The van der Waals surface area contributed by atoms with E-state index < -0.39 is 0 Å². The van der Waals surface area contributed by atoms with Gasteiger partial charge in [0.05, 0.1) is 0 Å². The molecular weight excluding hydrogens is 250 g/mol. The topological polar surface area (TPSA) is 37.4 Å². The molecule has 1 aliphatic carbocycles. The molecular formula is C14H22ClNO2. The molecule has 2 aliphatic rings. The first-order chi connectivity index (χ1) is 8.74. The van der Waals surface area contributed by atoms with Gasteiger partial charge in [-0.05, 0) is 32.1 Å². The largest absolute Gasteiger partial charge is 0.282 e. The van der Waals surface area contributed by atoms with Crippen LogP contribution >= 0.6 is 11.6 Å². The summed E-state index contributed by atoms with van der Waals surface area (Å²) in [5.74, 6) is 1.14. The van der Waals surface area contributed by atoms with Gasteiger partial charge < -0.3 is 0 Å². The molecule has 0 aromatic carbocycles. The van der Waals surface area contributed by atoms with Crippen molar-refractivity contribution in [3.63, 3.8) is 0 Å². The number of nitrogens with zero attached hydrogens (tertiary/aromatic N) is 1. The lowest BCUT2D eigenvalue weighted by Gasteiger charge is -2.39. The first-order valence-corrected chi connectivity index (χ1v) is 7.68. The van der Waals surface area contributed by atoms with Gasteiger partial charge in [0, 0.05) is 24.3 Å². The van der Waals surface area contributed by atoms with Gasteiger partial charge in [-0.3, -0.25) is 14.5 Å². The van der Waals surface area contributed by atoms with Gasteiger partial charge in [0.1, 0.15) is 0 Å². The van der Waals surface area contributed by atoms with Crippen molar-refractivity contribution in [3.8, 4) is 0 Å². The van der Waals surface area contributed by atoms with E-state index in [1.54, 1.807) is 4.90 Å². The molecule has 0 aromatic rings. The Labute approximate surface area is 114 Å². The first kappa shape index (κ1) is 13.9. The number of carbonyl (C=O) groups excluding carboxylic acids is 2. The van der Waals surface area contributed by atoms with E-state index in [0.29, 0.717) is 12.4 Å². The Balaban J connectivity index is 1.82. The van der Waals surface area contributed by atoms with Crippen molar-refractivity contribution in [2.75, 3.05) is 12.4 Å². The molecule has 2 rings (SSSR count). The average Bonchev–Trinajstić information content (AvgIpc) is 2.40. The first-order valence-electron chi connectivity index (χ1n) is 7.15. The third-order valence-electron chi connectivity index (χ3n) is 4.17. The van der Waals surface area contributed by atoms with Gasteiger partial charge in [0.25, 0.3) is 0 Å². The fraction of sp³-hybridized carbons (Fsp3) is 0.857. The highest BCUT2D eigenvalue weighted by molar-refractivity contribution is 6.17. The maximum atomic E-state index is 12.2. The molecule has 0 N–H and O–H groups in total. The summed E-state index contributed by atoms with van der Waals surface area (Å²) in [4.78, 5) is 25.8. The second-order valence-electron chi connectivity index (χ2n) is 5.49. The Hall–Kier alpha value is -0.570. The minimum atomic E-state index is 0.0910. The quantitative estimate of drug-likeness (QED) is 0.423. The maximum absolute atomic E-state index is 12.2. The van der Waals surface area contributed by atoms with Crippen LogP contribution in [0.15, 0.2) is 0 Å². The van der Waals surface area contributed by atoms with Gasteiger partial charge >= 0.3 is 0 Å². The van der Waals surface area contributed by atoms with Crippen LogP contribution in [-0.4, -0.2) is 29.1 Å². The number of unbranched alkanes of at least 4 members (excludes halogenated alkanes) is 3. The summed E-state index contributed by atoms with van der Waals surface area (Å²) in [5.41, 5.74) is 0. The second kappa shape index (κ2) is 6.55. The highest BCUT2D eigenvalue weighted by Gasteiger charge is 2.42. The van der Waals surface area contributed by atoms with E-state index in [1.165, 1.54) is 0 Å². The minimum absolute atomic E-state index is 0.0910. The summed E-state index contributed by atoms with van der Waals surface area (Å²) >= 11 is 5.62. The molecule has 0 spiro atoms. The van der Waals surface area contributed by atoms with Crippen molar-refractivity contribution >= 4 is 23.4 Å². The van der Waals surface area contributed by atoms with Crippen LogP contribution in [0.2, 0.25) is 0 Å². The molecule has 1 saturated carbocycles. The molecule has 0 radical (unpaired) electrons. The van der Waals surface area contributed by atoms with Gasteiger partial charge in [-0.25, -0.2) is 0 Å². The van der Waals surface area contributed by atoms with Gasteiger partial charge in [-0.1, -0.05) is 19.3 Å². The SMILES string of the molecule is O=C1C2CCCC(C2)C(=O)N1CCCCCCCl. The molecule has 1 aliphatic heterocycles. The molecule has 0 aromatic heterocycles. The van der Waals surface area contributed by atoms with Crippen molar-refractivity contribution < 1.29 is 9.59 Å². The van der Waals surface area contributed by atoms with Crippen molar-refractivity contribution in [1.29, 1.82) is 0 Å². The number of hydrogen-bond acceptors (Lipinski definition) is 2. The van der Waals surface area contributed by atoms with Gasteiger partial charge in [0.15, 0.2) is 0 Å². The highest BCUT2D eigenvalue weighted by Crippen LogP contribution is 2.36. The molecule has 1 heterocycles. The van der Waals surface area contributed by atoms with Crippen LogP contribution in [0.4, 0.5) is 0 Å². The van der Waals surface area contributed by atoms with Crippen LogP contribution in [0, 0.1) is 11.8 Å². The second-order valence-corrected chi connectivity index (χ2v) is 5.87.